The van der Waals surface area contributed by atoms with E-state index >= 15 is 0 Å². The average Bonchev–Trinajstić information content (AvgIpc) is 3.18. The molecule has 0 amide bonds. The van der Waals surface area contributed by atoms with Crippen LogP contribution in [0.3, 0.4) is 0 Å². The lowest BCUT2D eigenvalue weighted by atomic mass is 10.1. The summed E-state index contributed by atoms with van der Waals surface area (Å²) < 4.78 is 2.69. The SMILES string of the molecule is Cc1c(CNC(C)c2cccc3ccsc23)sc2ccc(Cl)cc12. The molecule has 4 heteroatoms. The van der Waals surface area contributed by atoms with Crippen LogP contribution in [0.5, 0.6) is 0 Å². The Morgan fingerprint density at radius 1 is 1.17 bits per heavy atom. The minimum Gasteiger partial charge on any atom is -0.305 e. The summed E-state index contributed by atoms with van der Waals surface area (Å²) in [4.78, 5) is 1.39. The van der Waals surface area contributed by atoms with Crippen molar-refractivity contribution in [2.24, 2.45) is 0 Å². The molecule has 2 aromatic heterocycles. The zero-order chi connectivity index (χ0) is 16.7. The van der Waals surface area contributed by atoms with Crippen molar-refractivity contribution in [1.82, 2.24) is 5.32 Å². The van der Waals surface area contributed by atoms with Gasteiger partial charge in [0.1, 0.15) is 0 Å². The number of nitrogens with one attached hydrogen (secondary N) is 1. The predicted octanol–water partition coefficient (Wildman–Crippen LogP) is 6.93. The van der Waals surface area contributed by atoms with Crippen LogP contribution in [-0.2, 0) is 6.54 Å². The zero-order valence-electron chi connectivity index (χ0n) is 13.6. The summed E-state index contributed by atoms with van der Waals surface area (Å²) in [6.45, 7) is 5.32. The highest BCUT2D eigenvalue weighted by Gasteiger charge is 2.13. The van der Waals surface area contributed by atoms with Gasteiger partial charge in [-0.05, 0) is 65.4 Å². The third-order valence-corrected chi connectivity index (χ3v) is 7.03. The maximum absolute atomic E-state index is 6.14. The van der Waals surface area contributed by atoms with E-state index in [4.69, 9.17) is 11.6 Å². The van der Waals surface area contributed by atoms with E-state index < -0.39 is 0 Å². The van der Waals surface area contributed by atoms with Crippen molar-refractivity contribution in [3.05, 3.63) is 68.9 Å². The number of aryl methyl sites for hydroxylation is 1. The van der Waals surface area contributed by atoms with Crippen molar-refractivity contribution in [2.75, 3.05) is 0 Å². The first-order chi connectivity index (χ1) is 11.6. The monoisotopic (exact) mass is 371 g/mol. The molecule has 2 heterocycles. The summed E-state index contributed by atoms with van der Waals surface area (Å²) in [6.07, 6.45) is 0. The van der Waals surface area contributed by atoms with Crippen LogP contribution in [0.25, 0.3) is 20.2 Å². The van der Waals surface area contributed by atoms with Gasteiger partial charge < -0.3 is 5.32 Å². The van der Waals surface area contributed by atoms with Crippen molar-refractivity contribution in [3.8, 4) is 0 Å². The Kier molecular flexibility index (Phi) is 4.35. The van der Waals surface area contributed by atoms with E-state index in [0.717, 1.165) is 11.6 Å². The van der Waals surface area contributed by atoms with Crippen molar-refractivity contribution in [1.29, 1.82) is 0 Å². The van der Waals surface area contributed by atoms with Crippen LogP contribution in [0.15, 0.2) is 47.8 Å². The summed E-state index contributed by atoms with van der Waals surface area (Å²) in [6, 6.07) is 15.2. The van der Waals surface area contributed by atoms with E-state index in [9.17, 15) is 0 Å². The lowest BCUT2D eigenvalue weighted by molar-refractivity contribution is 0.582. The molecule has 122 valence electrons. The van der Waals surface area contributed by atoms with Gasteiger partial charge in [-0.25, -0.2) is 0 Å². The van der Waals surface area contributed by atoms with E-state index in [1.54, 1.807) is 0 Å². The third-order valence-electron chi connectivity index (χ3n) is 4.54. The molecule has 4 rings (SSSR count). The van der Waals surface area contributed by atoms with Crippen LogP contribution in [-0.4, -0.2) is 0 Å². The fourth-order valence-electron chi connectivity index (χ4n) is 3.13. The smallest absolute Gasteiger partial charge is 0.0413 e. The van der Waals surface area contributed by atoms with Gasteiger partial charge in [0, 0.05) is 31.9 Å². The van der Waals surface area contributed by atoms with Gasteiger partial charge in [0.15, 0.2) is 0 Å². The first-order valence-corrected chi connectivity index (χ1v) is 10.1. The van der Waals surface area contributed by atoms with Gasteiger partial charge in [0.25, 0.3) is 0 Å². The van der Waals surface area contributed by atoms with Gasteiger partial charge >= 0.3 is 0 Å². The number of hydrogen-bond acceptors (Lipinski definition) is 3. The molecule has 1 nitrogen and oxygen atoms in total. The third kappa shape index (κ3) is 2.86. The summed E-state index contributed by atoms with van der Waals surface area (Å²) in [5.74, 6) is 0. The fraction of sp³-hybridized carbons (Fsp3) is 0.200. The largest absolute Gasteiger partial charge is 0.305 e. The second kappa shape index (κ2) is 6.49. The highest BCUT2D eigenvalue weighted by atomic mass is 35.5. The maximum Gasteiger partial charge on any atom is 0.0413 e. The molecule has 0 spiro atoms. The summed E-state index contributed by atoms with van der Waals surface area (Å²) >= 11 is 9.82. The molecule has 0 aliphatic rings. The Hall–Kier alpha value is -1.39. The van der Waals surface area contributed by atoms with Crippen molar-refractivity contribution in [2.45, 2.75) is 26.4 Å². The Balaban J connectivity index is 1.58. The molecular weight excluding hydrogens is 354 g/mol. The molecule has 0 aliphatic heterocycles. The molecule has 1 atom stereocenters. The number of rotatable bonds is 4. The highest BCUT2D eigenvalue weighted by molar-refractivity contribution is 7.19. The zero-order valence-corrected chi connectivity index (χ0v) is 16.0. The van der Waals surface area contributed by atoms with Gasteiger partial charge in [0.2, 0.25) is 0 Å². The highest BCUT2D eigenvalue weighted by Crippen LogP contribution is 2.34. The lowest BCUT2D eigenvalue weighted by Crippen LogP contribution is -2.17. The van der Waals surface area contributed by atoms with Crippen LogP contribution in [0.2, 0.25) is 5.02 Å². The molecule has 0 radical (unpaired) electrons. The first-order valence-electron chi connectivity index (χ1n) is 8.00. The van der Waals surface area contributed by atoms with Crippen LogP contribution in [0.4, 0.5) is 0 Å². The number of benzene rings is 2. The summed E-state index contributed by atoms with van der Waals surface area (Å²) in [5, 5.41) is 9.28. The number of halogens is 1. The predicted molar refractivity (Wildman–Crippen MR) is 109 cm³/mol. The molecule has 0 saturated carbocycles. The molecule has 2 aromatic carbocycles. The second-order valence-corrected chi connectivity index (χ2v) is 8.57. The number of thiophene rings is 2. The van der Waals surface area contributed by atoms with Crippen LogP contribution in [0.1, 0.15) is 29.0 Å². The molecule has 0 saturated heterocycles. The topological polar surface area (TPSA) is 12.0 Å². The first kappa shape index (κ1) is 16.1. The maximum atomic E-state index is 6.14. The van der Waals surface area contributed by atoms with Gasteiger partial charge in [-0.15, -0.1) is 22.7 Å². The summed E-state index contributed by atoms with van der Waals surface area (Å²) in [5.41, 5.74) is 2.72. The van der Waals surface area contributed by atoms with E-state index in [1.807, 2.05) is 28.7 Å². The molecule has 0 fully saturated rings. The molecule has 1 N–H and O–H groups in total. The minimum absolute atomic E-state index is 0.320. The Morgan fingerprint density at radius 3 is 2.92 bits per heavy atom. The fourth-order valence-corrected chi connectivity index (χ4v) is 5.44. The Labute approximate surface area is 154 Å². The van der Waals surface area contributed by atoms with Crippen LogP contribution < -0.4 is 5.32 Å². The van der Waals surface area contributed by atoms with E-state index in [2.05, 4.69) is 60.9 Å². The normalized spacial score (nSPS) is 13.0. The van der Waals surface area contributed by atoms with Crippen LogP contribution >= 0.6 is 34.3 Å². The molecular formula is C20H18ClNS2. The van der Waals surface area contributed by atoms with Gasteiger partial charge in [-0.3, -0.25) is 0 Å². The molecule has 0 bridgehead atoms. The molecule has 1 unspecified atom stereocenters. The molecule has 24 heavy (non-hydrogen) atoms. The van der Waals surface area contributed by atoms with Crippen molar-refractivity contribution >= 4 is 54.4 Å². The second-order valence-electron chi connectivity index (χ2n) is 6.08. The van der Waals surface area contributed by atoms with E-state index in [-0.39, 0.29) is 0 Å². The minimum atomic E-state index is 0.320. The Bertz CT molecular complexity index is 1020. The molecule has 0 aliphatic carbocycles. The standard InChI is InChI=1S/C20H18ClNS2/c1-12-17-10-15(21)6-7-18(17)24-19(12)11-22-13(2)16-5-3-4-14-8-9-23-20(14)16/h3-10,13,22H,11H2,1-2H3. The van der Waals surface area contributed by atoms with Gasteiger partial charge in [-0.1, -0.05) is 29.8 Å². The van der Waals surface area contributed by atoms with Crippen molar-refractivity contribution < 1.29 is 0 Å². The summed E-state index contributed by atoms with van der Waals surface area (Å²) in [7, 11) is 0. The van der Waals surface area contributed by atoms with Gasteiger partial charge in [0.05, 0.1) is 0 Å². The van der Waals surface area contributed by atoms with Crippen molar-refractivity contribution in [3.63, 3.8) is 0 Å². The average molecular weight is 372 g/mol. The number of fused-ring (bicyclic) bond motifs is 2. The van der Waals surface area contributed by atoms with E-state index in [0.29, 0.717) is 6.04 Å². The Morgan fingerprint density at radius 2 is 2.04 bits per heavy atom. The lowest BCUT2D eigenvalue weighted by Gasteiger charge is -2.15. The van der Waals surface area contributed by atoms with Gasteiger partial charge in [-0.2, -0.15) is 0 Å². The van der Waals surface area contributed by atoms with E-state index in [1.165, 1.54) is 36.2 Å². The molecule has 4 aromatic rings. The quantitative estimate of drug-likeness (QED) is 0.410. The van der Waals surface area contributed by atoms with Crippen LogP contribution in [0, 0.1) is 6.92 Å². The number of hydrogen-bond donors (Lipinski definition) is 1.